The van der Waals surface area contributed by atoms with Crippen molar-refractivity contribution in [1.82, 2.24) is 0 Å². The molecule has 3 saturated carbocycles. The Kier molecular flexibility index (Phi) is 4.08. The molecule has 0 radical (unpaired) electrons. The van der Waals surface area contributed by atoms with Gasteiger partial charge in [0.25, 0.3) is 0 Å². The molecule has 0 saturated heterocycles. The Hall–Kier alpha value is 0. The van der Waals surface area contributed by atoms with E-state index in [4.69, 9.17) is 0 Å². The lowest BCUT2D eigenvalue weighted by molar-refractivity contribution is 0.245. The lowest BCUT2D eigenvalue weighted by atomic mass is 9.79. The summed E-state index contributed by atoms with van der Waals surface area (Å²) < 4.78 is 0. The van der Waals surface area contributed by atoms with Crippen LogP contribution in [0.5, 0.6) is 0 Å². The van der Waals surface area contributed by atoms with Crippen molar-refractivity contribution < 1.29 is 0 Å². The summed E-state index contributed by atoms with van der Waals surface area (Å²) in [6.45, 7) is 0. The Balaban J connectivity index is 1.69. The first-order valence-electron chi connectivity index (χ1n) is 8.43. The molecule has 0 aliphatic heterocycles. The highest BCUT2D eigenvalue weighted by atomic mass is 14.4. The predicted molar refractivity (Wildman–Crippen MR) is 74.0 cm³/mol. The van der Waals surface area contributed by atoms with E-state index in [1.54, 1.807) is 57.8 Å². The maximum Gasteiger partial charge on any atom is -0.0383 e. The summed E-state index contributed by atoms with van der Waals surface area (Å²) >= 11 is 0. The highest BCUT2D eigenvalue weighted by molar-refractivity contribution is 4.85. The van der Waals surface area contributed by atoms with Crippen LogP contribution < -0.4 is 0 Å². The van der Waals surface area contributed by atoms with E-state index in [-0.39, 0.29) is 0 Å². The Morgan fingerprint density at radius 3 is 1.24 bits per heavy atom. The van der Waals surface area contributed by atoms with Crippen LogP contribution >= 0.6 is 0 Å². The Morgan fingerprint density at radius 1 is 0.353 bits per heavy atom. The van der Waals surface area contributed by atoms with Crippen LogP contribution in [-0.4, -0.2) is 0 Å². The van der Waals surface area contributed by atoms with E-state index >= 15 is 0 Å². The van der Waals surface area contributed by atoms with Crippen LogP contribution in [0.25, 0.3) is 0 Å². The predicted octanol–water partition coefficient (Wildman–Crippen LogP) is 5.56. The van der Waals surface area contributed by atoms with Gasteiger partial charge in [-0.3, -0.25) is 0 Å². The third-order valence-corrected chi connectivity index (χ3v) is 6.15. The second-order valence-corrected chi connectivity index (χ2v) is 7.13. The second-order valence-electron chi connectivity index (χ2n) is 7.13. The molecule has 0 nitrogen and oxygen atoms in total. The monoisotopic (exact) mass is 234 g/mol. The van der Waals surface area contributed by atoms with Gasteiger partial charge in [0.05, 0.1) is 0 Å². The normalized spacial score (nSPS) is 43.8. The summed E-state index contributed by atoms with van der Waals surface area (Å²) in [5.41, 5.74) is 0. The summed E-state index contributed by atoms with van der Waals surface area (Å²) in [5, 5.41) is 0. The van der Waals surface area contributed by atoms with Gasteiger partial charge >= 0.3 is 0 Å². The Labute approximate surface area is 108 Å². The van der Waals surface area contributed by atoms with Crippen molar-refractivity contribution in [3.8, 4) is 0 Å². The average Bonchev–Trinajstić information content (AvgIpc) is 2.72. The molecule has 0 aromatic carbocycles. The topological polar surface area (TPSA) is 0 Å². The number of hydrogen-bond donors (Lipinski definition) is 0. The quantitative estimate of drug-likeness (QED) is 0.514. The van der Waals surface area contributed by atoms with Gasteiger partial charge in [-0.05, 0) is 42.9 Å². The molecule has 0 heterocycles. The first-order valence-corrected chi connectivity index (χ1v) is 8.43. The van der Waals surface area contributed by atoms with Gasteiger partial charge in [-0.15, -0.1) is 0 Å². The van der Waals surface area contributed by atoms with E-state index < -0.39 is 0 Å². The second kappa shape index (κ2) is 5.76. The van der Waals surface area contributed by atoms with Crippen molar-refractivity contribution >= 4 is 0 Å². The molecule has 0 N–H and O–H groups in total. The number of fused-ring (bicyclic) bond motifs is 2. The van der Waals surface area contributed by atoms with Crippen molar-refractivity contribution in [2.75, 3.05) is 0 Å². The van der Waals surface area contributed by atoms with E-state index in [0.717, 1.165) is 23.7 Å². The zero-order valence-corrected chi connectivity index (χ0v) is 11.5. The molecule has 0 aromatic heterocycles. The van der Waals surface area contributed by atoms with Crippen LogP contribution in [0.15, 0.2) is 0 Å². The first kappa shape index (κ1) is 12.1. The van der Waals surface area contributed by atoms with Crippen LogP contribution in [0.3, 0.4) is 0 Å². The minimum Gasteiger partial charge on any atom is -0.0533 e. The smallest absolute Gasteiger partial charge is 0.0383 e. The van der Waals surface area contributed by atoms with E-state index in [9.17, 15) is 0 Å². The molecule has 0 amide bonds. The highest BCUT2D eigenvalue weighted by Crippen LogP contribution is 2.46. The van der Waals surface area contributed by atoms with Gasteiger partial charge in [-0.1, -0.05) is 64.2 Å². The van der Waals surface area contributed by atoms with Gasteiger partial charge in [-0.2, -0.15) is 0 Å². The molecule has 3 aliphatic rings. The molecule has 3 aliphatic carbocycles. The van der Waals surface area contributed by atoms with Gasteiger partial charge in [0.15, 0.2) is 0 Å². The fourth-order valence-electron chi connectivity index (χ4n) is 5.12. The molecule has 17 heavy (non-hydrogen) atoms. The molecule has 0 spiro atoms. The molecule has 0 aromatic rings. The summed E-state index contributed by atoms with van der Waals surface area (Å²) in [4.78, 5) is 0. The Bertz CT molecular complexity index is 208. The van der Waals surface area contributed by atoms with Crippen LogP contribution in [0.1, 0.15) is 83.5 Å². The fraction of sp³-hybridized carbons (Fsp3) is 1.00. The molecule has 0 heteroatoms. The van der Waals surface area contributed by atoms with Crippen molar-refractivity contribution in [2.45, 2.75) is 83.5 Å². The summed E-state index contributed by atoms with van der Waals surface area (Å²) in [5.74, 6) is 4.52. The summed E-state index contributed by atoms with van der Waals surface area (Å²) in [6.07, 6.45) is 20.3. The van der Waals surface area contributed by atoms with E-state index in [1.807, 2.05) is 0 Å². The van der Waals surface area contributed by atoms with Gasteiger partial charge in [0.2, 0.25) is 0 Å². The summed E-state index contributed by atoms with van der Waals surface area (Å²) in [7, 11) is 0. The fourth-order valence-corrected chi connectivity index (χ4v) is 5.12. The molecule has 4 unspecified atom stereocenters. The molecule has 0 bridgehead atoms. The average molecular weight is 234 g/mol. The highest BCUT2D eigenvalue weighted by Gasteiger charge is 2.34. The molecule has 4 atom stereocenters. The lowest BCUT2D eigenvalue weighted by Crippen LogP contribution is -2.16. The van der Waals surface area contributed by atoms with E-state index in [0.29, 0.717) is 0 Å². The van der Waals surface area contributed by atoms with Crippen molar-refractivity contribution in [1.29, 1.82) is 0 Å². The van der Waals surface area contributed by atoms with Gasteiger partial charge in [-0.25, -0.2) is 0 Å². The lowest BCUT2D eigenvalue weighted by Gasteiger charge is -2.26. The van der Waals surface area contributed by atoms with Crippen LogP contribution in [0.2, 0.25) is 0 Å². The number of hydrogen-bond acceptors (Lipinski definition) is 0. The van der Waals surface area contributed by atoms with Crippen molar-refractivity contribution in [2.24, 2.45) is 23.7 Å². The third kappa shape index (κ3) is 2.88. The SMILES string of the molecule is C1CCC2CCC3CCCCCC3CC2CC1. The molecule has 98 valence electrons. The van der Waals surface area contributed by atoms with Gasteiger partial charge in [0, 0.05) is 0 Å². The van der Waals surface area contributed by atoms with Crippen LogP contribution in [0.4, 0.5) is 0 Å². The molecular formula is C17H30. The largest absolute Gasteiger partial charge is 0.0533 e. The first-order chi connectivity index (χ1) is 8.43. The zero-order chi connectivity index (χ0) is 11.5. The maximum absolute atomic E-state index is 1.62. The third-order valence-electron chi connectivity index (χ3n) is 6.15. The zero-order valence-electron chi connectivity index (χ0n) is 11.5. The van der Waals surface area contributed by atoms with Gasteiger partial charge < -0.3 is 0 Å². The Morgan fingerprint density at radius 2 is 0.765 bits per heavy atom. The number of rotatable bonds is 0. The minimum absolute atomic E-state index is 1.13. The van der Waals surface area contributed by atoms with Crippen LogP contribution in [0, 0.1) is 23.7 Å². The van der Waals surface area contributed by atoms with Crippen molar-refractivity contribution in [3.63, 3.8) is 0 Å². The van der Waals surface area contributed by atoms with Crippen LogP contribution in [-0.2, 0) is 0 Å². The minimum atomic E-state index is 1.13. The molecular weight excluding hydrogens is 204 g/mol. The standard InChI is InChI=1S/C17H30/c1-3-7-14-11-12-15-8-4-2-6-10-17(15)13-16(14)9-5-1/h14-17H,1-13H2. The summed E-state index contributed by atoms with van der Waals surface area (Å²) in [6, 6.07) is 0. The maximum atomic E-state index is 1.62. The van der Waals surface area contributed by atoms with E-state index in [1.165, 1.54) is 25.7 Å². The molecule has 3 fully saturated rings. The van der Waals surface area contributed by atoms with E-state index in [2.05, 4.69) is 0 Å². The van der Waals surface area contributed by atoms with Crippen molar-refractivity contribution in [3.05, 3.63) is 0 Å². The van der Waals surface area contributed by atoms with Gasteiger partial charge in [0.1, 0.15) is 0 Å². The molecule has 3 rings (SSSR count).